The van der Waals surface area contributed by atoms with Crippen molar-refractivity contribution in [2.45, 2.75) is 74.0 Å². The predicted molar refractivity (Wildman–Crippen MR) is 82.0 cm³/mol. The molecule has 4 nitrogen and oxygen atoms in total. The smallest absolute Gasteiger partial charge is 0.308 e. The van der Waals surface area contributed by atoms with Crippen LogP contribution in [0.5, 0.6) is 0 Å². The zero-order valence-electron chi connectivity index (χ0n) is 18.9. The second-order valence-corrected chi connectivity index (χ2v) is 7.24. The van der Waals surface area contributed by atoms with Crippen molar-refractivity contribution in [2.75, 3.05) is 19.9 Å². The average Bonchev–Trinajstić information content (AvgIpc) is 3.16. The molecule has 0 spiro atoms. The fraction of sp³-hybridized carbons (Fsp3) is 1.00. The molecule has 0 aromatic rings. The molecule has 0 radical (unpaired) electrons. The SMILES string of the molecule is CC1(F)OC1(F)F.FCC(F)(C(F)(F)F)C(F)(F)OCC(F)(F)F.FOCC(OC(F)(F)CC(F)(F)F)C(F)(F)F. The van der Waals surface area contributed by atoms with Gasteiger partial charge in [0.2, 0.25) is 0 Å². The third-order valence-corrected chi connectivity index (χ3v) is 3.61. The molecule has 0 aromatic heterocycles. The molecule has 3 unspecified atom stereocenters. The summed E-state index contributed by atoms with van der Waals surface area (Å²) >= 11 is 0. The standard InChI is InChI=1S/C6H4F10O.C6H5F9O2.C3H3F3O/c7-1-3(8,5(12,13)14)6(15,16)17-2-4(9,10)11;7-4(8,9)2-5(10,11)17-3(1-16-15)6(12,13)14;1-2(4)3(5,6)7-2/h1-2H2;3H,1-2H2;1H3. The van der Waals surface area contributed by atoms with Gasteiger partial charge in [0.1, 0.15) is 26.3 Å². The van der Waals surface area contributed by atoms with E-state index in [4.69, 9.17) is 0 Å². The Morgan fingerprint density at radius 1 is 0.732 bits per heavy atom. The Balaban J connectivity index is 0. The molecule has 1 rings (SSSR count). The van der Waals surface area contributed by atoms with Crippen LogP contribution in [0.3, 0.4) is 0 Å². The Labute approximate surface area is 211 Å². The van der Waals surface area contributed by atoms with Crippen LogP contribution in [0.25, 0.3) is 0 Å². The molecule has 41 heavy (non-hydrogen) atoms. The fourth-order valence-electron chi connectivity index (χ4n) is 1.56. The van der Waals surface area contributed by atoms with Gasteiger partial charge in [-0.15, -0.1) is 0 Å². The Kier molecular flexibility index (Phi) is 13.4. The topological polar surface area (TPSA) is 40.2 Å². The van der Waals surface area contributed by atoms with Gasteiger partial charge in [-0.3, -0.25) is 4.74 Å². The second-order valence-electron chi connectivity index (χ2n) is 7.24. The Morgan fingerprint density at radius 3 is 1.34 bits per heavy atom. The Morgan fingerprint density at radius 2 is 1.12 bits per heavy atom. The number of ether oxygens (including phenoxy) is 3. The van der Waals surface area contributed by atoms with Crippen LogP contribution in [0, 0.1) is 0 Å². The summed E-state index contributed by atoms with van der Waals surface area (Å²) in [5, 5.41) is 0. The van der Waals surface area contributed by atoms with E-state index in [0.29, 0.717) is 6.92 Å². The molecule has 250 valence electrons. The molecular weight excluding hydrogens is 662 g/mol. The third kappa shape index (κ3) is 14.4. The highest BCUT2D eigenvalue weighted by Crippen LogP contribution is 2.51. The van der Waals surface area contributed by atoms with Crippen LogP contribution in [-0.2, 0) is 19.2 Å². The third-order valence-electron chi connectivity index (χ3n) is 3.61. The summed E-state index contributed by atoms with van der Waals surface area (Å²) < 4.78 is 268. The van der Waals surface area contributed by atoms with Crippen molar-refractivity contribution >= 4 is 0 Å². The molecule has 26 heteroatoms. The summed E-state index contributed by atoms with van der Waals surface area (Å²) in [5.41, 5.74) is -5.83. The molecule has 1 saturated heterocycles. The van der Waals surface area contributed by atoms with Gasteiger partial charge < -0.3 is 9.47 Å². The monoisotopic (exact) mass is 674 g/mol. The number of hydrogen-bond donors (Lipinski definition) is 0. The molecular formula is C15H12F22O4. The van der Waals surface area contributed by atoms with E-state index in [1.54, 1.807) is 0 Å². The molecule has 0 bridgehead atoms. The lowest BCUT2D eigenvalue weighted by Gasteiger charge is -2.32. The maximum atomic E-state index is 12.6. The van der Waals surface area contributed by atoms with Gasteiger partial charge >= 0.3 is 54.6 Å². The van der Waals surface area contributed by atoms with Crippen molar-refractivity contribution in [2.24, 2.45) is 0 Å². The average molecular weight is 674 g/mol. The van der Waals surface area contributed by atoms with Gasteiger partial charge in [0.15, 0.2) is 6.10 Å². The van der Waals surface area contributed by atoms with Crippen molar-refractivity contribution in [3.8, 4) is 0 Å². The summed E-state index contributed by atoms with van der Waals surface area (Å²) in [5.74, 6) is -2.69. The number of rotatable bonds is 9. The number of alkyl halides is 21. The predicted octanol–water partition coefficient (Wildman–Crippen LogP) is 8.07. The first-order valence-electron chi connectivity index (χ1n) is 9.19. The summed E-state index contributed by atoms with van der Waals surface area (Å²) in [7, 11) is 0. The molecule has 0 N–H and O–H groups in total. The van der Waals surface area contributed by atoms with Crippen LogP contribution < -0.4 is 0 Å². The van der Waals surface area contributed by atoms with Gasteiger partial charge in [0.05, 0.1) is 0 Å². The maximum absolute atomic E-state index is 12.6. The van der Waals surface area contributed by atoms with E-state index in [2.05, 4.69) is 19.2 Å². The van der Waals surface area contributed by atoms with Gasteiger partial charge in [0.25, 0.3) is 0 Å². The highest BCUT2D eigenvalue weighted by molar-refractivity contribution is 4.95. The molecule has 1 aliphatic heterocycles. The normalized spacial score (nSPS) is 22.0. The Hall–Kier alpha value is -1.70. The molecule has 1 heterocycles. The molecule has 1 fully saturated rings. The van der Waals surface area contributed by atoms with Crippen LogP contribution in [0.15, 0.2) is 0 Å². The van der Waals surface area contributed by atoms with Crippen molar-refractivity contribution in [1.29, 1.82) is 0 Å². The molecule has 0 aliphatic carbocycles. The highest BCUT2D eigenvalue weighted by Gasteiger charge is 2.74. The highest BCUT2D eigenvalue weighted by atomic mass is 19.4. The number of epoxide rings is 1. The van der Waals surface area contributed by atoms with E-state index in [1.807, 2.05) is 0 Å². The van der Waals surface area contributed by atoms with Gasteiger partial charge in [-0.25, -0.2) is 13.2 Å². The van der Waals surface area contributed by atoms with Crippen LogP contribution >= 0.6 is 0 Å². The van der Waals surface area contributed by atoms with Gasteiger partial charge in [0, 0.05) is 6.92 Å². The fourth-order valence-corrected chi connectivity index (χ4v) is 1.56. The van der Waals surface area contributed by atoms with Crippen LogP contribution in [0.2, 0.25) is 0 Å². The van der Waals surface area contributed by atoms with Gasteiger partial charge in [-0.1, -0.05) is 0 Å². The lowest BCUT2D eigenvalue weighted by Crippen LogP contribution is -2.58. The van der Waals surface area contributed by atoms with Crippen LogP contribution in [0.4, 0.5) is 96.7 Å². The summed E-state index contributed by atoms with van der Waals surface area (Å²) in [6.45, 7) is -7.42. The zero-order valence-corrected chi connectivity index (χ0v) is 18.9. The number of halogens is 22. The summed E-state index contributed by atoms with van der Waals surface area (Å²) in [6, 6.07) is 0. The summed E-state index contributed by atoms with van der Waals surface area (Å²) in [6.07, 6.45) is -43.8. The van der Waals surface area contributed by atoms with E-state index in [9.17, 15) is 96.7 Å². The minimum Gasteiger partial charge on any atom is -0.308 e. The van der Waals surface area contributed by atoms with E-state index in [-0.39, 0.29) is 0 Å². The first-order chi connectivity index (χ1) is 17.6. The molecule has 0 saturated carbocycles. The Bertz CT molecular complexity index is 772. The molecule has 3 atom stereocenters. The second kappa shape index (κ2) is 13.3. The van der Waals surface area contributed by atoms with Crippen molar-refractivity contribution in [1.82, 2.24) is 0 Å². The van der Waals surface area contributed by atoms with Crippen molar-refractivity contribution in [3.05, 3.63) is 0 Å². The van der Waals surface area contributed by atoms with E-state index >= 15 is 0 Å². The zero-order chi connectivity index (χ0) is 33.7. The maximum Gasteiger partial charge on any atom is 0.433 e. The molecule has 0 amide bonds. The molecule has 1 aliphatic rings. The van der Waals surface area contributed by atoms with Gasteiger partial charge in [-0.05, 0) is 4.53 Å². The quantitative estimate of drug-likeness (QED) is 0.183. The molecule has 0 aromatic carbocycles. The minimum atomic E-state index is -6.42. The largest absolute Gasteiger partial charge is 0.433 e. The van der Waals surface area contributed by atoms with Crippen molar-refractivity contribution in [3.63, 3.8) is 0 Å². The number of hydrogen-bond acceptors (Lipinski definition) is 4. The van der Waals surface area contributed by atoms with E-state index in [1.165, 1.54) is 0 Å². The lowest BCUT2D eigenvalue weighted by atomic mass is 10.1. The summed E-state index contributed by atoms with van der Waals surface area (Å²) in [4.78, 5) is 2.45. The van der Waals surface area contributed by atoms with Crippen LogP contribution in [-0.4, -0.2) is 80.5 Å². The lowest BCUT2D eigenvalue weighted by molar-refractivity contribution is -0.397. The van der Waals surface area contributed by atoms with Crippen molar-refractivity contribution < 1.29 is 116 Å². The first-order valence-corrected chi connectivity index (χ1v) is 9.19. The van der Waals surface area contributed by atoms with Gasteiger partial charge in [-0.2, -0.15) is 84.0 Å². The van der Waals surface area contributed by atoms with E-state index < -0.39 is 87.0 Å². The van der Waals surface area contributed by atoms with Crippen LogP contribution in [0.1, 0.15) is 13.3 Å². The minimum absolute atomic E-state index is 0.688. The van der Waals surface area contributed by atoms with E-state index in [0.717, 1.165) is 0 Å². The first kappa shape index (κ1) is 41.4.